The van der Waals surface area contributed by atoms with Crippen LogP contribution in [0.15, 0.2) is 16.6 Å². The first-order valence-electron chi connectivity index (χ1n) is 5.67. The Morgan fingerprint density at radius 3 is 2.52 bits per heavy atom. The summed E-state index contributed by atoms with van der Waals surface area (Å²) in [6.45, 7) is 3.47. The molecular weight excluding hydrogens is 366 g/mol. The van der Waals surface area contributed by atoms with E-state index in [-0.39, 0.29) is 22.0 Å². The Kier molecular flexibility index (Phi) is 4.02. The maximum atomic E-state index is 11.4. The van der Waals surface area contributed by atoms with Crippen LogP contribution in [0.2, 0.25) is 5.02 Å². The lowest BCUT2D eigenvalue weighted by Gasteiger charge is -2.10. The molecule has 2 aromatic rings. The molecule has 0 aliphatic heterocycles. The van der Waals surface area contributed by atoms with Gasteiger partial charge in [-0.05, 0) is 29.8 Å². The Morgan fingerprint density at radius 1 is 1.48 bits per heavy atom. The summed E-state index contributed by atoms with van der Waals surface area (Å²) >= 11 is 9.39. The van der Waals surface area contributed by atoms with Crippen molar-refractivity contribution in [1.82, 2.24) is 9.78 Å². The zero-order chi connectivity index (χ0) is 15.9. The first-order valence-corrected chi connectivity index (χ1v) is 6.84. The summed E-state index contributed by atoms with van der Waals surface area (Å²) in [4.78, 5) is 21.5. The van der Waals surface area contributed by atoms with Gasteiger partial charge in [-0.1, -0.05) is 11.6 Å². The zero-order valence-electron chi connectivity index (χ0n) is 10.9. The van der Waals surface area contributed by atoms with Crippen LogP contribution in [0.4, 0.5) is 5.69 Å². The quantitative estimate of drug-likeness (QED) is 0.655. The molecule has 1 heterocycles. The number of nitrogens with zero attached hydrogens (tertiary/aromatic N) is 3. The van der Waals surface area contributed by atoms with Gasteiger partial charge in [0.25, 0.3) is 5.69 Å². The lowest BCUT2D eigenvalue weighted by Crippen LogP contribution is -2.10. The number of rotatable bonds is 3. The van der Waals surface area contributed by atoms with E-state index in [0.717, 1.165) is 12.1 Å². The maximum Gasteiger partial charge on any atom is 0.338 e. The van der Waals surface area contributed by atoms with Gasteiger partial charge in [-0.2, -0.15) is 5.10 Å². The van der Waals surface area contributed by atoms with Crippen molar-refractivity contribution in [2.24, 2.45) is 0 Å². The number of nitro benzene ring substituents is 1. The molecule has 0 saturated heterocycles. The van der Waals surface area contributed by atoms with Crippen molar-refractivity contribution in [3.05, 3.63) is 48.7 Å². The second-order valence-electron chi connectivity index (χ2n) is 4.28. The molecule has 110 valence electrons. The molecule has 1 N–H and O–H groups in total. The van der Waals surface area contributed by atoms with Gasteiger partial charge in [-0.15, -0.1) is 0 Å². The summed E-state index contributed by atoms with van der Waals surface area (Å²) in [5.41, 5.74) is 0.721. The van der Waals surface area contributed by atoms with Crippen molar-refractivity contribution in [3.8, 4) is 5.69 Å². The maximum absolute atomic E-state index is 11.4. The zero-order valence-corrected chi connectivity index (χ0v) is 13.3. The van der Waals surface area contributed by atoms with Crippen molar-refractivity contribution in [2.75, 3.05) is 0 Å². The van der Waals surface area contributed by atoms with Crippen LogP contribution in [0.5, 0.6) is 0 Å². The number of hydrogen-bond donors (Lipinski definition) is 1. The van der Waals surface area contributed by atoms with Gasteiger partial charge in [0.2, 0.25) is 0 Å². The molecule has 21 heavy (non-hydrogen) atoms. The number of halogens is 2. The summed E-state index contributed by atoms with van der Waals surface area (Å²) in [5.74, 6) is -1.32. The fourth-order valence-electron chi connectivity index (χ4n) is 1.91. The third-order valence-electron chi connectivity index (χ3n) is 2.90. The molecule has 9 heteroatoms. The molecule has 2 rings (SSSR count). The Hall–Kier alpha value is -1.93. The second kappa shape index (κ2) is 5.45. The molecular formula is C12H9BrClN3O4. The third kappa shape index (κ3) is 2.64. The van der Waals surface area contributed by atoms with E-state index < -0.39 is 10.9 Å². The van der Waals surface area contributed by atoms with Crippen molar-refractivity contribution in [2.45, 2.75) is 13.8 Å². The second-order valence-corrected chi connectivity index (χ2v) is 5.48. The van der Waals surface area contributed by atoms with E-state index in [2.05, 4.69) is 21.0 Å². The molecule has 0 fully saturated rings. The highest BCUT2D eigenvalue weighted by Crippen LogP contribution is 2.32. The van der Waals surface area contributed by atoms with Gasteiger partial charge in [-0.25, -0.2) is 9.48 Å². The standard InChI is InChI=1S/C12H9BrClN3O4/c1-5-10(13)6(2)16(15-5)11-8(12(18)19)3-7(17(20)21)4-9(11)14/h3-4H,1-2H3,(H,18,19). The molecule has 0 unspecified atom stereocenters. The van der Waals surface area contributed by atoms with Crippen molar-refractivity contribution >= 4 is 39.2 Å². The van der Waals surface area contributed by atoms with Crippen LogP contribution in [-0.4, -0.2) is 25.8 Å². The minimum atomic E-state index is -1.32. The highest BCUT2D eigenvalue weighted by Gasteiger charge is 2.24. The van der Waals surface area contributed by atoms with E-state index in [9.17, 15) is 20.0 Å². The fraction of sp³-hybridized carbons (Fsp3) is 0.167. The van der Waals surface area contributed by atoms with Crippen molar-refractivity contribution < 1.29 is 14.8 Å². The highest BCUT2D eigenvalue weighted by atomic mass is 79.9. The molecule has 0 spiro atoms. The Bertz CT molecular complexity index is 772. The number of non-ortho nitro benzene ring substituents is 1. The molecule has 0 amide bonds. The van der Waals surface area contributed by atoms with Gasteiger partial charge >= 0.3 is 5.97 Å². The molecule has 0 radical (unpaired) electrons. The molecule has 1 aromatic heterocycles. The number of carboxylic acid groups (broad SMARTS) is 1. The number of carboxylic acids is 1. The number of aromatic carboxylic acids is 1. The van der Waals surface area contributed by atoms with Gasteiger partial charge in [0.1, 0.15) is 0 Å². The number of nitro groups is 1. The topological polar surface area (TPSA) is 98.3 Å². The highest BCUT2D eigenvalue weighted by molar-refractivity contribution is 9.10. The van der Waals surface area contributed by atoms with Crippen LogP contribution in [0.3, 0.4) is 0 Å². The van der Waals surface area contributed by atoms with Crippen LogP contribution < -0.4 is 0 Å². The fourth-order valence-corrected chi connectivity index (χ4v) is 2.45. The minimum Gasteiger partial charge on any atom is -0.478 e. The van der Waals surface area contributed by atoms with Gasteiger partial charge in [-0.3, -0.25) is 10.1 Å². The minimum absolute atomic E-state index is 0.0558. The molecule has 0 bridgehead atoms. The van der Waals surface area contributed by atoms with Crippen LogP contribution in [0, 0.1) is 24.0 Å². The number of hydrogen-bond acceptors (Lipinski definition) is 4. The van der Waals surface area contributed by atoms with Gasteiger partial charge in [0.05, 0.1) is 37.1 Å². The van der Waals surface area contributed by atoms with E-state index in [1.807, 2.05) is 0 Å². The number of aryl methyl sites for hydroxylation is 1. The predicted octanol–water partition coefficient (Wildman–Crippen LogP) is 3.51. The first-order chi connectivity index (χ1) is 9.73. The average Bonchev–Trinajstić information content (AvgIpc) is 2.65. The number of benzene rings is 1. The predicted molar refractivity (Wildman–Crippen MR) is 79.4 cm³/mol. The van der Waals surface area contributed by atoms with Gasteiger partial charge in [0.15, 0.2) is 0 Å². The van der Waals surface area contributed by atoms with E-state index >= 15 is 0 Å². The smallest absolute Gasteiger partial charge is 0.338 e. The average molecular weight is 375 g/mol. The van der Waals surface area contributed by atoms with E-state index in [1.165, 1.54) is 4.68 Å². The lowest BCUT2D eigenvalue weighted by atomic mass is 10.1. The summed E-state index contributed by atoms with van der Waals surface area (Å²) in [7, 11) is 0. The van der Waals surface area contributed by atoms with E-state index in [1.54, 1.807) is 13.8 Å². The number of aromatic nitrogens is 2. The summed E-state index contributed by atoms with van der Waals surface area (Å²) in [6.07, 6.45) is 0. The molecule has 7 nitrogen and oxygen atoms in total. The summed E-state index contributed by atoms with van der Waals surface area (Å²) in [5, 5.41) is 24.3. The van der Waals surface area contributed by atoms with Crippen LogP contribution in [0.1, 0.15) is 21.7 Å². The Morgan fingerprint density at radius 2 is 2.10 bits per heavy atom. The summed E-state index contributed by atoms with van der Waals surface area (Å²) in [6, 6.07) is 2.07. The lowest BCUT2D eigenvalue weighted by molar-refractivity contribution is -0.384. The van der Waals surface area contributed by atoms with Gasteiger partial charge < -0.3 is 5.11 Å². The monoisotopic (exact) mass is 373 g/mol. The first kappa shape index (κ1) is 15.5. The molecule has 0 aliphatic rings. The Labute approximate surface area is 132 Å². The van der Waals surface area contributed by atoms with Crippen LogP contribution in [-0.2, 0) is 0 Å². The normalized spacial score (nSPS) is 10.7. The van der Waals surface area contributed by atoms with E-state index in [4.69, 9.17) is 11.6 Å². The summed E-state index contributed by atoms with van der Waals surface area (Å²) < 4.78 is 2.07. The third-order valence-corrected chi connectivity index (χ3v) is 4.34. The van der Waals surface area contributed by atoms with E-state index in [0.29, 0.717) is 15.9 Å². The van der Waals surface area contributed by atoms with Crippen LogP contribution in [0.25, 0.3) is 5.69 Å². The molecule has 1 aromatic carbocycles. The largest absolute Gasteiger partial charge is 0.478 e. The SMILES string of the molecule is Cc1nn(-c2c(Cl)cc([N+](=O)[O-])cc2C(=O)O)c(C)c1Br. The molecule has 0 saturated carbocycles. The van der Waals surface area contributed by atoms with Crippen molar-refractivity contribution in [1.29, 1.82) is 0 Å². The molecule has 0 atom stereocenters. The number of carbonyl (C=O) groups is 1. The van der Waals surface area contributed by atoms with Crippen molar-refractivity contribution in [3.63, 3.8) is 0 Å². The Balaban J connectivity index is 2.82. The molecule has 0 aliphatic carbocycles. The van der Waals surface area contributed by atoms with Gasteiger partial charge in [0, 0.05) is 12.1 Å². The van der Waals surface area contributed by atoms with Crippen LogP contribution >= 0.6 is 27.5 Å².